The fourth-order valence-electron chi connectivity index (χ4n) is 1.66. The quantitative estimate of drug-likeness (QED) is 0.612. The molecule has 2 unspecified atom stereocenters. The maximum absolute atomic E-state index is 8.90. The van der Waals surface area contributed by atoms with Gasteiger partial charge < -0.3 is 5.32 Å². The number of nitrogens with one attached hydrogen (secondary N) is 1. The molecule has 3 nitrogen and oxygen atoms in total. The Balaban J connectivity index is 2.65. The lowest BCUT2D eigenvalue weighted by Crippen LogP contribution is -2.54. The van der Waals surface area contributed by atoms with Crippen molar-refractivity contribution < 1.29 is 0 Å². The zero-order chi connectivity index (χ0) is 9.68. The lowest BCUT2D eigenvalue weighted by Gasteiger charge is -2.35. The van der Waals surface area contributed by atoms with Crippen LogP contribution in [0.3, 0.4) is 0 Å². The van der Waals surface area contributed by atoms with Crippen LogP contribution in [-0.4, -0.2) is 36.6 Å². The molecular formula is C10H15N3. The summed E-state index contributed by atoms with van der Waals surface area (Å²) in [6.45, 7) is 4.59. The van der Waals surface area contributed by atoms with Crippen LogP contribution in [0.5, 0.6) is 0 Å². The predicted octanol–water partition coefficient (Wildman–Crippen LogP) is 0.196. The molecule has 13 heavy (non-hydrogen) atoms. The van der Waals surface area contributed by atoms with Gasteiger partial charge in [-0.05, 0) is 6.42 Å². The summed E-state index contributed by atoms with van der Waals surface area (Å²) in [5, 5.41) is 12.1. The van der Waals surface area contributed by atoms with Crippen molar-refractivity contribution in [2.75, 3.05) is 19.6 Å². The molecule has 1 rings (SSSR count). The van der Waals surface area contributed by atoms with Crippen molar-refractivity contribution in [3.8, 4) is 18.4 Å². The van der Waals surface area contributed by atoms with Crippen LogP contribution >= 0.6 is 0 Å². The highest BCUT2D eigenvalue weighted by Crippen LogP contribution is 2.09. The first-order valence-electron chi connectivity index (χ1n) is 4.65. The molecule has 0 aromatic heterocycles. The standard InChI is InChI=1S/C10H15N3/c1-3-9(4-2)13-6-5-12-8-10(13)7-11/h1,9-10,12H,4-6,8H2,2H3. The molecule has 0 radical (unpaired) electrons. The lowest BCUT2D eigenvalue weighted by atomic mass is 10.1. The molecule has 1 fully saturated rings. The average Bonchev–Trinajstić information content (AvgIpc) is 2.20. The minimum absolute atomic E-state index is 0.0604. The van der Waals surface area contributed by atoms with E-state index in [1.54, 1.807) is 0 Å². The molecule has 0 aromatic carbocycles. The van der Waals surface area contributed by atoms with Crippen LogP contribution in [-0.2, 0) is 0 Å². The van der Waals surface area contributed by atoms with Gasteiger partial charge in [-0.2, -0.15) is 5.26 Å². The van der Waals surface area contributed by atoms with Gasteiger partial charge in [-0.1, -0.05) is 12.8 Å². The number of rotatable bonds is 2. The first kappa shape index (κ1) is 10.1. The molecule has 1 saturated heterocycles. The second-order valence-corrected chi connectivity index (χ2v) is 3.18. The zero-order valence-electron chi connectivity index (χ0n) is 7.95. The largest absolute Gasteiger partial charge is 0.313 e. The number of terminal acetylenes is 1. The highest BCUT2D eigenvalue weighted by molar-refractivity contribution is 5.06. The molecule has 1 aliphatic heterocycles. The molecule has 70 valence electrons. The van der Waals surface area contributed by atoms with Gasteiger partial charge in [0.2, 0.25) is 0 Å². The second-order valence-electron chi connectivity index (χ2n) is 3.18. The summed E-state index contributed by atoms with van der Waals surface area (Å²) in [7, 11) is 0. The van der Waals surface area contributed by atoms with E-state index in [0.29, 0.717) is 0 Å². The number of nitrogens with zero attached hydrogens (tertiary/aromatic N) is 2. The third-order valence-corrected chi connectivity index (χ3v) is 2.41. The number of piperazine rings is 1. The van der Waals surface area contributed by atoms with Gasteiger partial charge in [0.05, 0.1) is 12.1 Å². The van der Waals surface area contributed by atoms with Crippen LogP contribution in [0.25, 0.3) is 0 Å². The second kappa shape index (κ2) is 4.87. The predicted molar refractivity (Wildman–Crippen MR) is 51.9 cm³/mol. The molecular weight excluding hydrogens is 162 g/mol. The first-order chi connectivity index (χ1) is 6.33. The van der Waals surface area contributed by atoms with Crippen LogP contribution in [0.4, 0.5) is 0 Å². The molecule has 0 bridgehead atoms. The van der Waals surface area contributed by atoms with Gasteiger partial charge >= 0.3 is 0 Å². The Labute approximate surface area is 79.7 Å². The number of hydrogen-bond donors (Lipinski definition) is 1. The molecule has 1 heterocycles. The van der Waals surface area contributed by atoms with Crippen LogP contribution in [0.15, 0.2) is 0 Å². The van der Waals surface area contributed by atoms with Crippen LogP contribution in [0, 0.1) is 23.7 Å². The molecule has 0 spiro atoms. The van der Waals surface area contributed by atoms with E-state index in [1.807, 2.05) is 0 Å². The number of hydrogen-bond acceptors (Lipinski definition) is 3. The summed E-state index contributed by atoms with van der Waals surface area (Å²) < 4.78 is 0. The Hall–Kier alpha value is -1.03. The summed E-state index contributed by atoms with van der Waals surface area (Å²) in [6, 6.07) is 2.33. The summed E-state index contributed by atoms with van der Waals surface area (Å²) in [4.78, 5) is 2.11. The number of nitriles is 1. The molecule has 0 aromatic rings. The maximum Gasteiger partial charge on any atom is 0.111 e. The van der Waals surface area contributed by atoms with Crippen molar-refractivity contribution in [3.63, 3.8) is 0 Å². The van der Waals surface area contributed by atoms with Crippen LogP contribution in [0.2, 0.25) is 0 Å². The SMILES string of the molecule is C#CC(CC)N1CCNCC1C#N. The Bertz CT molecular complexity index is 220. The minimum atomic E-state index is -0.0604. The maximum atomic E-state index is 8.90. The third kappa shape index (κ3) is 2.21. The molecule has 2 atom stereocenters. The van der Waals surface area contributed by atoms with Gasteiger partial charge in [-0.15, -0.1) is 6.42 Å². The summed E-state index contributed by atoms with van der Waals surface area (Å²) in [5.74, 6) is 2.73. The van der Waals surface area contributed by atoms with E-state index in [4.69, 9.17) is 11.7 Å². The van der Waals surface area contributed by atoms with E-state index in [0.717, 1.165) is 26.1 Å². The topological polar surface area (TPSA) is 39.1 Å². The van der Waals surface area contributed by atoms with Gasteiger partial charge in [0, 0.05) is 19.6 Å². The molecule has 1 N–H and O–H groups in total. The van der Waals surface area contributed by atoms with Crippen molar-refractivity contribution >= 4 is 0 Å². The average molecular weight is 177 g/mol. The Morgan fingerprint density at radius 1 is 1.77 bits per heavy atom. The van der Waals surface area contributed by atoms with Crippen LogP contribution in [0.1, 0.15) is 13.3 Å². The summed E-state index contributed by atoms with van der Waals surface area (Å²) >= 11 is 0. The zero-order valence-corrected chi connectivity index (χ0v) is 7.95. The normalized spacial score (nSPS) is 25.9. The molecule has 0 aliphatic carbocycles. The smallest absolute Gasteiger partial charge is 0.111 e. The van der Waals surface area contributed by atoms with Gasteiger partial charge in [0.1, 0.15) is 6.04 Å². The fraction of sp³-hybridized carbons (Fsp3) is 0.700. The molecule has 0 amide bonds. The lowest BCUT2D eigenvalue weighted by molar-refractivity contribution is 0.164. The van der Waals surface area contributed by atoms with Crippen molar-refractivity contribution in [2.24, 2.45) is 0 Å². The highest BCUT2D eigenvalue weighted by atomic mass is 15.2. The Morgan fingerprint density at radius 2 is 2.54 bits per heavy atom. The van der Waals surface area contributed by atoms with Crippen molar-refractivity contribution in [1.29, 1.82) is 5.26 Å². The van der Waals surface area contributed by atoms with Crippen molar-refractivity contribution in [1.82, 2.24) is 10.2 Å². The van der Waals surface area contributed by atoms with Crippen LogP contribution < -0.4 is 5.32 Å². The van der Waals surface area contributed by atoms with E-state index < -0.39 is 0 Å². The van der Waals surface area contributed by atoms with Crippen molar-refractivity contribution in [2.45, 2.75) is 25.4 Å². The van der Waals surface area contributed by atoms with E-state index in [9.17, 15) is 0 Å². The summed E-state index contributed by atoms with van der Waals surface area (Å²) in [5.41, 5.74) is 0. The minimum Gasteiger partial charge on any atom is -0.313 e. The fourth-order valence-corrected chi connectivity index (χ4v) is 1.66. The third-order valence-electron chi connectivity index (χ3n) is 2.41. The Kier molecular flexibility index (Phi) is 3.76. The van der Waals surface area contributed by atoms with Crippen molar-refractivity contribution in [3.05, 3.63) is 0 Å². The monoisotopic (exact) mass is 177 g/mol. The Morgan fingerprint density at radius 3 is 3.08 bits per heavy atom. The molecule has 0 saturated carbocycles. The van der Waals surface area contributed by atoms with E-state index >= 15 is 0 Å². The first-order valence-corrected chi connectivity index (χ1v) is 4.65. The molecule has 3 heteroatoms. The van der Waals surface area contributed by atoms with E-state index in [1.165, 1.54) is 0 Å². The highest BCUT2D eigenvalue weighted by Gasteiger charge is 2.26. The van der Waals surface area contributed by atoms with E-state index in [-0.39, 0.29) is 12.1 Å². The van der Waals surface area contributed by atoms with Gasteiger partial charge in [0.15, 0.2) is 0 Å². The van der Waals surface area contributed by atoms with E-state index in [2.05, 4.69) is 29.1 Å². The van der Waals surface area contributed by atoms with Gasteiger partial charge in [-0.25, -0.2) is 0 Å². The molecule has 1 aliphatic rings. The summed E-state index contributed by atoms with van der Waals surface area (Å²) in [6.07, 6.45) is 6.32. The van der Waals surface area contributed by atoms with Gasteiger partial charge in [0.25, 0.3) is 0 Å². The van der Waals surface area contributed by atoms with Gasteiger partial charge in [-0.3, -0.25) is 4.90 Å².